The van der Waals surface area contributed by atoms with Crippen LogP contribution in [0.1, 0.15) is 50.3 Å². The Balaban J connectivity index is 2.13. The maximum absolute atomic E-state index is 14.4. The number of carbonyl (C=O) groups excluding carboxylic acids is 2. The maximum atomic E-state index is 14.4. The molecular formula is C34H45N3O7S. The van der Waals surface area contributed by atoms with Crippen LogP contribution in [0.5, 0.6) is 17.2 Å². The highest BCUT2D eigenvalue weighted by atomic mass is 32.2. The van der Waals surface area contributed by atoms with Crippen molar-refractivity contribution >= 4 is 27.5 Å². The second-order valence-electron chi connectivity index (χ2n) is 11.0. The molecule has 0 fully saturated rings. The highest BCUT2D eigenvalue weighted by molar-refractivity contribution is 7.92. The molecule has 0 aliphatic heterocycles. The van der Waals surface area contributed by atoms with Crippen molar-refractivity contribution < 1.29 is 32.2 Å². The van der Waals surface area contributed by atoms with Crippen LogP contribution < -0.4 is 23.8 Å². The molecule has 0 radical (unpaired) electrons. The number of aryl methyl sites for hydroxylation is 2. The van der Waals surface area contributed by atoms with Gasteiger partial charge in [0.15, 0.2) is 11.5 Å². The smallest absolute Gasteiger partial charge is 0.264 e. The summed E-state index contributed by atoms with van der Waals surface area (Å²) in [5.74, 6) is 0.434. The minimum atomic E-state index is -4.30. The largest absolute Gasteiger partial charge is 0.497 e. The van der Waals surface area contributed by atoms with Gasteiger partial charge in [0.2, 0.25) is 11.8 Å². The number of sulfonamides is 1. The molecule has 0 heterocycles. The van der Waals surface area contributed by atoms with Crippen LogP contribution in [-0.2, 0) is 26.2 Å². The van der Waals surface area contributed by atoms with Crippen molar-refractivity contribution in [2.45, 2.75) is 71.0 Å². The SMILES string of the molecule is CC[C@H](C)NC(=O)[C@H](CC)N(Cc1ccc(OC)cc1)C(=O)CN(c1cc(C)cc(C)c1)S(=O)(=O)c1ccc(OC)c(OC)c1. The molecule has 3 aromatic carbocycles. The van der Waals surface area contributed by atoms with Crippen LogP contribution in [0, 0.1) is 13.8 Å². The maximum Gasteiger partial charge on any atom is 0.264 e. The lowest BCUT2D eigenvalue weighted by molar-refractivity contribution is -0.140. The van der Waals surface area contributed by atoms with Gasteiger partial charge in [-0.25, -0.2) is 8.42 Å². The first-order chi connectivity index (χ1) is 21.4. The van der Waals surface area contributed by atoms with E-state index in [1.165, 1.54) is 37.3 Å². The van der Waals surface area contributed by atoms with Gasteiger partial charge in [0.25, 0.3) is 10.0 Å². The second kappa shape index (κ2) is 15.7. The summed E-state index contributed by atoms with van der Waals surface area (Å²) < 4.78 is 45.7. The Morgan fingerprint density at radius 3 is 1.98 bits per heavy atom. The first kappa shape index (κ1) is 35.2. The van der Waals surface area contributed by atoms with E-state index in [2.05, 4.69) is 5.32 Å². The van der Waals surface area contributed by atoms with Crippen molar-refractivity contribution in [3.63, 3.8) is 0 Å². The van der Waals surface area contributed by atoms with Crippen LogP contribution in [-0.4, -0.2) is 65.1 Å². The quantitative estimate of drug-likeness (QED) is 0.242. The van der Waals surface area contributed by atoms with Crippen molar-refractivity contribution in [2.75, 3.05) is 32.2 Å². The molecule has 3 rings (SSSR count). The number of anilines is 1. The lowest BCUT2D eigenvalue weighted by atomic mass is 10.1. The summed E-state index contributed by atoms with van der Waals surface area (Å²) in [6.07, 6.45) is 1.05. The molecule has 0 saturated heterocycles. The fourth-order valence-corrected chi connectivity index (χ4v) is 6.43. The van der Waals surface area contributed by atoms with Crippen molar-refractivity contribution in [2.24, 2.45) is 0 Å². The van der Waals surface area contributed by atoms with E-state index in [9.17, 15) is 18.0 Å². The third kappa shape index (κ3) is 8.69. The average molecular weight is 640 g/mol. The number of ether oxygens (including phenoxy) is 3. The molecule has 2 amide bonds. The summed E-state index contributed by atoms with van der Waals surface area (Å²) in [4.78, 5) is 29.2. The van der Waals surface area contributed by atoms with Crippen molar-refractivity contribution in [1.82, 2.24) is 10.2 Å². The number of hydrogen-bond acceptors (Lipinski definition) is 7. The van der Waals surface area contributed by atoms with E-state index in [1.54, 1.807) is 31.4 Å². The van der Waals surface area contributed by atoms with E-state index >= 15 is 0 Å². The third-order valence-corrected chi connectivity index (χ3v) is 9.39. The van der Waals surface area contributed by atoms with Gasteiger partial charge in [0.1, 0.15) is 18.3 Å². The number of benzene rings is 3. The molecule has 0 unspecified atom stereocenters. The third-order valence-electron chi connectivity index (χ3n) is 7.62. The molecular weight excluding hydrogens is 594 g/mol. The molecule has 0 saturated carbocycles. The number of hydrogen-bond donors (Lipinski definition) is 1. The molecule has 10 nitrogen and oxygen atoms in total. The molecule has 0 bridgehead atoms. The first-order valence-corrected chi connectivity index (χ1v) is 16.4. The number of methoxy groups -OCH3 is 3. The molecule has 3 aromatic rings. The van der Waals surface area contributed by atoms with Gasteiger partial charge < -0.3 is 24.4 Å². The van der Waals surface area contributed by atoms with Crippen LogP contribution in [0.3, 0.4) is 0 Å². The predicted octanol–water partition coefficient (Wildman–Crippen LogP) is 5.25. The van der Waals surface area contributed by atoms with Crippen LogP contribution in [0.25, 0.3) is 0 Å². The van der Waals surface area contributed by atoms with Gasteiger partial charge in [0.05, 0.1) is 31.9 Å². The fraction of sp³-hybridized carbons (Fsp3) is 0.412. The molecule has 0 spiro atoms. The Morgan fingerprint density at radius 2 is 1.44 bits per heavy atom. The van der Waals surface area contributed by atoms with Crippen molar-refractivity contribution in [3.05, 3.63) is 77.4 Å². The Labute approximate surface area is 267 Å². The Hall–Kier alpha value is -4.25. The van der Waals surface area contributed by atoms with Gasteiger partial charge in [0, 0.05) is 18.7 Å². The second-order valence-corrected chi connectivity index (χ2v) is 12.8. The Kier molecular flexibility index (Phi) is 12.3. The number of rotatable bonds is 15. The Bertz CT molecular complexity index is 1550. The topological polar surface area (TPSA) is 114 Å². The van der Waals surface area contributed by atoms with E-state index in [0.29, 0.717) is 23.6 Å². The molecule has 244 valence electrons. The van der Waals surface area contributed by atoms with Crippen molar-refractivity contribution in [3.8, 4) is 17.2 Å². The van der Waals surface area contributed by atoms with Gasteiger partial charge in [-0.2, -0.15) is 0 Å². The number of carbonyl (C=O) groups is 2. The highest BCUT2D eigenvalue weighted by Gasteiger charge is 2.34. The van der Waals surface area contributed by atoms with Crippen molar-refractivity contribution in [1.29, 1.82) is 0 Å². The molecule has 2 atom stereocenters. The number of nitrogens with zero attached hydrogens (tertiary/aromatic N) is 2. The van der Waals surface area contributed by atoms with Gasteiger partial charge >= 0.3 is 0 Å². The molecule has 0 aliphatic rings. The number of nitrogens with one attached hydrogen (secondary N) is 1. The minimum absolute atomic E-state index is 0.0737. The molecule has 1 N–H and O–H groups in total. The van der Waals surface area contributed by atoms with Crippen LogP contribution >= 0.6 is 0 Å². The number of amides is 2. The van der Waals surface area contributed by atoms with Crippen LogP contribution in [0.15, 0.2) is 65.6 Å². The highest BCUT2D eigenvalue weighted by Crippen LogP contribution is 2.33. The molecule has 45 heavy (non-hydrogen) atoms. The summed E-state index contributed by atoms with van der Waals surface area (Å²) >= 11 is 0. The van der Waals surface area contributed by atoms with Gasteiger partial charge in [-0.15, -0.1) is 0 Å². The molecule has 0 aliphatic carbocycles. The summed E-state index contributed by atoms with van der Waals surface area (Å²) in [5.41, 5.74) is 2.76. The lowest BCUT2D eigenvalue weighted by Gasteiger charge is -2.34. The van der Waals surface area contributed by atoms with E-state index < -0.39 is 28.5 Å². The first-order valence-electron chi connectivity index (χ1n) is 14.9. The zero-order valence-corrected chi connectivity index (χ0v) is 28.2. The van der Waals surface area contributed by atoms with E-state index in [4.69, 9.17) is 14.2 Å². The summed E-state index contributed by atoms with van der Waals surface area (Å²) in [7, 11) is 0.155. The van der Waals surface area contributed by atoms with Gasteiger partial charge in [-0.05, 0) is 86.7 Å². The van der Waals surface area contributed by atoms with E-state index in [1.807, 2.05) is 52.8 Å². The lowest BCUT2D eigenvalue weighted by Crippen LogP contribution is -2.53. The summed E-state index contributed by atoms with van der Waals surface area (Å²) in [5, 5.41) is 2.99. The molecule has 11 heteroatoms. The average Bonchev–Trinajstić information content (AvgIpc) is 3.02. The minimum Gasteiger partial charge on any atom is -0.497 e. The summed E-state index contributed by atoms with van der Waals surface area (Å²) in [6.45, 7) is 8.97. The predicted molar refractivity (Wildman–Crippen MR) is 176 cm³/mol. The van der Waals surface area contributed by atoms with Gasteiger partial charge in [-0.3, -0.25) is 13.9 Å². The fourth-order valence-electron chi connectivity index (χ4n) is 5.02. The summed E-state index contributed by atoms with van der Waals surface area (Å²) in [6, 6.07) is 15.9. The van der Waals surface area contributed by atoms with Gasteiger partial charge in [-0.1, -0.05) is 32.0 Å². The zero-order chi connectivity index (χ0) is 33.3. The van der Waals surface area contributed by atoms with E-state index in [-0.39, 0.29) is 29.1 Å². The molecule has 0 aromatic heterocycles. The van der Waals surface area contributed by atoms with E-state index in [0.717, 1.165) is 27.4 Å². The van der Waals surface area contributed by atoms with Crippen LogP contribution in [0.4, 0.5) is 5.69 Å². The standard InChI is InChI=1S/C34H45N3O7S/c1-9-25(5)35-34(39)30(10-2)36(21-26-11-13-28(42-6)14-12-26)33(38)22-37(27-18-23(3)17-24(4)19-27)45(40,41)29-15-16-31(43-7)32(20-29)44-8/h11-20,25,30H,9-10,21-22H2,1-8H3,(H,35,39)/t25-,30-/m0/s1. The monoisotopic (exact) mass is 639 g/mol. The normalized spacial score (nSPS) is 12.5. The Morgan fingerprint density at radius 1 is 0.822 bits per heavy atom. The zero-order valence-electron chi connectivity index (χ0n) is 27.4. The van der Waals surface area contributed by atoms with Crippen LogP contribution in [0.2, 0.25) is 0 Å².